The van der Waals surface area contributed by atoms with Crippen LogP contribution >= 0.6 is 0 Å². The van der Waals surface area contributed by atoms with Gasteiger partial charge in [-0.05, 0) is 36.0 Å². The molecular weight excluding hydrogens is 139 g/mol. The Hall–Kier alpha value is -0.850. The first-order valence-electron chi connectivity index (χ1n) is 4.06. The Morgan fingerprint density at radius 3 is 1.55 bits per heavy atom. The molecule has 4 aliphatic rings. The van der Waals surface area contributed by atoms with E-state index < -0.39 is 5.67 Å². The Labute approximate surface area is 65.1 Å². The zero-order valence-electron chi connectivity index (χ0n) is 6.07. The molecule has 0 aromatic carbocycles. The van der Waals surface area contributed by atoms with Crippen molar-refractivity contribution in [2.45, 2.75) is 5.67 Å². The lowest BCUT2D eigenvalue weighted by Crippen LogP contribution is -2.10. The molecule has 0 aliphatic heterocycles. The summed E-state index contributed by atoms with van der Waals surface area (Å²) in [4.78, 5) is 0. The summed E-state index contributed by atoms with van der Waals surface area (Å²) in [7, 11) is 0. The lowest BCUT2D eigenvalue weighted by atomic mass is 10.1. The van der Waals surface area contributed by atoms with Gasteiger partial charge in [-0.3, -0.25) is 0 Å². The van der Waals surface area contributed by atoms with Crippen LogP contribution in [0.2, 0.25) is 0 Å². The first-order valence-corrected chi connectivity index (χ1v) is 4.06. The third-order valence-corrected chi connectivity index (χ3v) is 2.91. The van der Waals surface area contributed by atoms with Crippen LogP contribution in [0, 0.1) is 17.8 Å². The van der Waals surface area contributed by atoms with Gasteiger partial charge in [-0.2, -0.15) is 0 Å². The van der Waals surface area contributed by atoms with Gasteiger partial charge in [-0.1, -0.05) is 18.2 Å². The number of hydrogen-bond donors (Lipinski definition) is 0. The zero-order valence-corrected chi connectivity index (χ0v) is 6.07. The molecule has 0 saturated heterocycles. The molecule has 1 heteroatoms. The molecule has 0 aromatic heterocycles. The molecule has 0 spiro atoms. The van der Waals surface area contributed by atoms with E-state index in [1.54, 1.807) is 18.2 Å². The lowest BCUT2D eigenvalue weighted by Gasteiger charge is -2.08. The van der Waals surface area contributed by atoms with Crippen LogP contribution in [0.4, 0.5) is 4.39 Å². The molecule has 0 nitrogen and oxygen atoms in total. The Bertz CT molecular complexity index is 234. The second kappa shape index (κ2) is 1.50. The van der Waals surface area contributed by atoms with Crippen LogP contribution in [0.25, 0.3) is 0 Å². The summed E-state index contributed by atoms with van der Waals surface area (Å²) < 4.78 is 13.6. The Morgan fingerprint density at radius 1 is 0.818 bits per heavy atom. The van der Waals surface area contributed by atoms with Crippen LogP contribution in [0.1, 0.15) is 0 Å². The molecular formula is C10H9F. The summed E-state index contributed by atoms with van der Waals surface area (Å²) >= 11 is 0. The molecule has 1 saturated carbocycles. The fraction of sp³-hybridized carbons (Fsp3) is 0.400. The van der Waals surface area contributed by atoms with Gasteiger partial charge < -0.3 is 0 Å². The fourth-order valence-corrected chi connectivity index (χ4v) is 2.10. The van der Waals surface area contributed by atoms with E-state index in [1.807, 2.05) is 18.2 Å². The van der Waals surface area contributed by atoms with E-state index in [1.165, 1.54) is 0 Å². The van der Waals surface area contributed by atoms with Gasteiger partial charge in [-0.15, -0.1) is 0 Å². The topological polar surface area (TPSA) is 0 Å². The highest BCUT2D eigenvalue weighted by Gasteiger charge is 2.48. The molecule has 0 aromatic rings. The van der Waals surface area contributed by atoms with Crippen molar-refractivity contribution in [3.63, 3.8) is 0 Å². The molecule has 0 atom stereocenters. The quantitative estimate of drug-likeness (QED) is 0.462. The third-order valence-electron chi connectivity index (χ3n) is 2.91. The van der Waals surface area contributed by atoms with Crippen LogP contribution in [0.5, 0.6) is 0 Å². The SMILES string of the molecule is FC12C=CC3C(C=C1)C3C=C2. The fourth-order valence-electron chi connectivity index (χ4n) is 2.10. The first kappa shape index (κ1) is 5.76. The second-order valence-corrected chi connectivity index (χ2v) is 3.64. The zero-order chi connectivity index (χ0) is 7.47. The maximum atomic E-state index is 13.6. The number of alkyl halides is 1. The maximum absolute atomic E-state index is 13.6. The smallest absolute Gasteiger partial charge is 0.165 e. The summed E-state index contributed by atoms with van der Waals surface area (Å²) in [6.07, 6.45) is 11.1. The molecule has 4 bridgehead atoms. The predicted octanol–water partition coefficient (Wildman–Crippen LogP) is 2.25. The highest BCUT2D eigenvalue weighted by molar-refractivity contribution is 5.38. The van der Waals surface area contributed by atoms with Crippen molar-refractivity contribution in [2.75, 3.05) is 0 Å². The van der Waals surface area contributed by atoms with Crippen LogP contribution in [0.3, 0.4) is 0 Å². The van der Waals surface area contributed by atoms with E-state index in [0.29, 0.717) is 17.8 Å². The second-order valence-electron chi connectivity index (χ2n) is 3.64. The number of rotatable bonds is 0. The van der Waals surface area contributed by atoms with Crippen LogP contribution in [-0.2, 0) is 0 Å². The minimum absolute atomic E-state index is 0.600. The van der Waals surface area contributed by atoms with Crippen LogP contribution in [0.15, 0.2) is 36.5 Å². The van der Waals surface area contributed by atoms with E-state index in [4.69, 9.17) is 0 Å². The third kappa shape index (κ3) is 0.635. The summed E-state index contributed by atoms with van der Waals surface area (Å²) in [5, 5.41) is 0. The van der Waals surface area contributed by atoms with Gasteiger partial charge >= 0.3 is 0 Å². The van der Waals surface area contributed by atoms with Gasteiger partial charge in [0.15, 0.2) is 5.67 Å². The van der Waals surface area contributed by atoms with Gasteiger partial charge in [-0.25, -0.2) is 4.39 Å². The Balaban J connectivity index is 2.20. The predicted molar refractivity (Wildman–Crippen MR) is 41.7 cm³/mol. The van der Waals surface area contributed by atoms with Crippen LogP contribution in [-0.4, -0.2) is 5.67 Å². The lowest BCUT2D eigenvalue weighted by molar-refractivity contribution is 0.370. The standard InChI is InChI=1S/C10H9F/c11-10-4-1-7-8(2-5-10)9(7)3-6-10/h1-9H. The molecule has 0 amide bonds. The van der Waals surface area contributed by atoms with Crippen molar-refractivity contribution in [1.29, 1.82) is 0 Å². The average Bonchev–Trinajstić information content (AvgIpc) is 2.66. The highest BCUT2D eigenvalue weighted by Crippen LogP contribution is 2.53. The monoisotopic (exact) mass is 148 g/mol. The van der Waals surface area contributed by atoms with E-state index in [0.717, 1.165) is 0 Å². The molecule has 0 unspecified atom stereocenters. The highest BCUT2D eigenvalue weighted by atomic mass is 19.1. The molecule has 4 rings (SSSR count). The minimum Gasteiger partial charge on any atom is -0.230 e. The largest absolute Gasteiger partial charge is 0.230 e. The Kier molecular flexibility index (Phi) is 0.783. The van der Waals surface area contributed by atoms with Crippen molar-refractivity contribution >= 4 is 0 Å². The minimum atomic E-state index is -1.27. The van der Waals surface area contributed by atoms with Crippen molar-refractivity contribution in [3.8, 4) is 0 Å². The van der Waals surface area contributed by atoms with Gasteiger partial charge in [0.05, 0.1) is 0 Å². The molecule has 0 heterocycles. The molecule has 4 aliphatic carbocycles. The molecule has 56 valence electrons. The van der Waals surface area contributed by atoms with Gasteiger partial charge in [0.2, 0.25) is 0 Å². The first-order chi connectivity index (χ1) is 5.29. The number of halogens is 1. The van der Waals surface area contributed by atoms with E-state index in [9.17, 15) is 4.39 Å². The summed E-state index contributed by atoms with van der Waals surface area (Å²) in [6.45, 7) is 0. The summed E-state index contributed by atoms with van der Waals surface area (Å²) in [5.74, 6) is 1.80. The van der Waals surface area contributed by atoms with Gasteiger partial charge in [0.25, 0.3) is 0 Å². The normalized spacial score (nSPS) is 55.9. The molecule has 0 N–H and O–H groups in total. The van der Waals surface area contributed by atoms with Gasteiger partial charge in [0, 0.05) is 0 Å². The van der Waals surface area contributed by atoms with Gasteiger partial charge in [0.1, 0.15) is 0 Å². The van der Waals surface area contributed by atoms with Crippen molar-refractivity contribution in [2.24, 2.45) is 17.8 Å². The van der Waals surface area contributed by atoms with Crippen molar-refractivity contribution in [3.05, 3.63) is 36.5 Å². The van der Waals surface area contributed by atoms with Crippen molar-refractivity contribution < 1.29 is 4.39 Å². The molecule has 11 heavy (non-hydrogen) atoms. The number of hydrogen-bond acceptors (Lipinski definition) is 0. The Morgan fingerprint density at radius 2 is 1.18 bits per heavy atom. The maximum Gasteiger partial charge on any atom is 0.165 e. The number of allylic oxidation sites excluding steroid dienone is 6. The van der Waals surface area contributed by atoms with E-state index in [2.05, 4.69) is 0 Å². The van der Waals surface area contributed by atoms with E-state index in [-0.39, 0.29) is 0 Å². The van der Waals surface area contributed by atoms with E-state index >= 15 is 0 Å². The summed E-state index contributed by atoms with van der Waals surface area (Å²) in [6, 6.07) is 0. The average molecular weight is 148 g/mol. The van der Waals surface area contributed by atoms with Crippen molar-refractivity contribution in [1.82, 2.24) is 0 Å². The molecule has 1 fully saturated rings. The van der Waals surface area contributed by atoms with Crippen LogP contribution < -0.4 is 0 Å². The molecule has 0 radical (unpaired) electrons. The summed E-state index contributed by atoms with van der Waals surface area (Å²) in [5.41, 5.74) is -1.27.